The first-order valence-electron chi connectivity index (χ1n) is 6.16. The van der Waals surface area contributed by atoms with Gasteiger partial charge in [0.05, 0.1) is 11.8 Å². The molecule has 0 atom stereocenters. The van der Waals surface area contributed by atoms with Crippen molar-refractivity contribution in [3.63, 3.8) is 0 Å². The molecule has 0 unspecified atom stereocenters. The predicted octanol–water partition coefficient (Wildman–Crippen LogP) is 1.30. The monoisotopic (exact) mass is 336 g/mol. The molecule has 0 aliphatic rings. The first kappa shape index (κ1) is 18.2. The maximum absolute atomic E-state index is 13.0. The molecule has 122 valence electrons. The Morgan fingerprint density at radius 1 is 1.18 bits per heavy atom. The molecule has 9 heteroatoms. The summed E-state index contributed by atoms with van der Waals surface area (Å²) < 4.78 is 62.6. The van der Waals surface area contributed by atoms with Crippen molar-refractivity contribution in [2.24, 2.45) is 0 Å². The molecular weight excluding hydrogens is 321 g/mol. The van der Waals surface area contributed by atoms with Crippen LogP contribution in [0.1, 0.15) is 5.56 Å². The van der Waals surface area contributed by atoms with E-state index in [1.807, 2.05) is 0 Å². The Morgan fingerprint density at radius 2 is 1.77 bits per heavy atom. The fourth-order valence-corrected chi connectivity index (χ4v) is 2.02. The van der Waals surface area contributed by atoms with Crippen LogP contribution >= 0.6 is 0 Å². The van der Waals surface area contributed by atoms with Crippen LogP contribution in [0, 0.1) is 0 Å². The highest BCUT2D eigenvalue weighted by Gasteiger charge is 2.35. The van der Waals surface area contributed by atoms with Crippen LogP contribution < -0.4 is 10.0 Å². The molecule has 1 rings (SSSR count). The van der Waals surface area contributed by atoms with Gasteiger partial charge in [0.15, 0.2) is 0 Å². The summed E-state index contributed by atoms with van der Waals surface area (Å²) in [5, 5.41) is 2.19. The van der Waals surface area contributed by atoms with Gasteiger partial charge in [-0.3, -0.25) is 4.79 Å². The third kappa shape index (κ3) is 6.72. The molecule has 0 aliphatic carbocycles. The molecule has 1 aromatic rings. The van der Waals surface area contributed by atoms with Crippen molar-refractivity contribution in [3.05, 3.63) is 42.0 Å². The quantitative estimate of drug-likeness (QED) is 0.607. The lowest BCUT2D eigenvalue weighted by Gasteiger charge is -2.12. The van der Waals surface area contributed by atoms with Gasteiger partial charge in [-0.2, -0.15) is 13.2 Å². The zero-order valence-corrected chi connectivity index (χ0v) is 12.5. The van der Waals surface area contributed by atoms with Crippen LogP contribution in [0.4, 0.5) is 13.2 Å². The van der Waals surface area contributed by atoms with Crippen molar-refractivity contribution in [1.82, 2.24) is 10.0 Å². The zero-order chi connectivity index (χ0) is 16.8. The average Bonchev–Trinajstić information content (AvgIpc) is 2.40. The molecule has 2 N–H and O–H groups in total. The van der Waals surface area contributed by atoms with E-state index in [-0.39, 0.29) is 18.7 Å². The number of carbonyl (C=O) groups is 1. The van der Waals surface area contributed by atoms with E-state index in [1.54, 1.807) is 6.07 Å². The smallest absolute Gasteiger partial charge is 0.351 e. The van der Waals surface area contributed by atoms with Crippen molar-refractivity contribution in [2.45, 2.75) is 6.18 Å². The number of halogens is 3. The van der Waals surface area contributed by atoms with Crippen molar-refractivity contribution < 1.29 is 26.4 Å². The lowest BCUT2D eigenvalue weighted by Crippen LogP contribution is -2.33. The Hall–Kier alpha value is -1.87. The minimum absolute atomic E-state index is 0.106. The molecule has 0 bridgehead atoms. The highest BCUT2D eigenvalue weighted by Crippen LogP contribution is 2.33. The predicted molar refractivity (Wildman–Crippen MR) is 76.3 cm³/mol. The maximum atomic E-state index is 13.0. The van der Waals surface area contributed by atoms with Crippen molar-refractivity contribution >= 4 is 21.5 Å². The molecule has 0 spiro atoms. The van der Waals surface area contributed by atoms with Crippen molar-refractivity contribution in [2.75, 3.05) is 19.3 Å². The Bertz CT molecular complexity index is 640. The number of carbonyl (C=O) groups excluding carboxylic acids is 1. The highest BCUT2D eigenvalue weighted by atomic mass is 32.2. The molecule has 0 saturated heterocycles. The van der Waals surface area contributed by atoms with E-state index >= 15 is 0 Å². The van der Waals surface area contributed by atoms with Gasteiger partial charge in [0, 0.05) is 19.2 Å². The summed E-state index contributed by atoms with van der Waals surface area (Å²) in [5.74, 6) is -0.952. The average molecular weight is 336 g/mol. The van der Waals surface area contributed by atoms with Gasteiger partial charge < -0.3 is 5.32 Å². The van der Waals surface area contributed by atoms with Gasteiger partial charge >= 0.3 is 6.18 Å². The van der Waals surface area contributed by atoms with Gasteiger partial charge in [-0.05, 0) is 5.56 Å². The van der Waals surface area contributed by atoms with E-state index in [9.17, 15) is 26.4 Å². The van der Waals surface area contributed by atoms with Gasteiger partial charge in [0.2, 0.25) is 15.9 Å². The molecule has 5 nitrogen and oxygen atoms in total. The van der Waals surface area contributed by atoms with E-state index in [0.717, 1.165) is 6.26 Å². The number of alkyl halides is 3. The molecule has 0 saturated carbocycles. The van der Waals surface area contributed by atoms with Gasteiger partial charge in [-0.25, -0.2) is 13.1 Å². The topological polar surface area (TPSA) is 75.3 Å². The fourth-order valence-electron chi connectivity index (χ4n) is 1.55. The van der Waals surface area contributed by atoms with Gasteiger partial charge in [0.1, 0.15) is 0 Å². The summed E-state index contributed by atoms with van der Waals surface area (Å²) in [4.78, 5) is 11.5. The summed E-state index contributed by atoms with van der Waals surface area (Å²) in [6, 6.07) is 6.93. The standard InChI is InChI=1S/C13H15F3N2O3S/c1-22(20,21)18-8-7-17-12(19)9-11(13(14,15)16)10-5-3-2-4-6-10/h2-6,9,18H,7-8H2,1H3,(H,17,19)/b11-9-. The summed E-state index contributed by atoms with van der Waals surface area (Å²) in [6.45, 7) is -0.229. The van der Waals surface area contributed by atoms with E-state index in [0.29, 0.717) is 6.08 Å². The lowest BCUT2D eigenvalue weighted by molar-refractivity contribution is -0.116. The Morgan fingerprint density at radius 3 is 2.27 bits per heavy atom. The lowest BCUT2D eigenvalue weighted by atomic mass is 10.1. The molecule has 0 fully saturated rings. The van der Waals surface area contributed by atoms with Gasteiger partial charge in [-0.1, -0.05) is 30.3 Å². The van der Waals surface area contributed by atoms with Gasteiger partial charge in [-0.15, -0.1) is 0 Å². The number of benzene rings is 1. The largest absolute Gasteiger partial charge is 0.417 e. The second-order valence-corrected chi connectivity index (χ2v) is 6.21. The number of hydrogen-bond donors (Lipinski definition) is 2. The summed E-state index contributed by atoms with van der Waals surface area (Å²) in [6.07, 6.45) is -3.29. The number of allylic oxidation sites excluding steroid dienone is 1. The fraction of sp³-hybridized carbons (Fsp3) is 0.308. The Labute approximate surface area is 126 Å². The molecule has 0 aliphatic heterocycles. The Balaban J connectivity index is 2.75. The molecular formula is C13H15F3N2O3S. The summed E-state index contributed by atoms with van der Waals surface area (Å²) in [5.41, 5.74) is -1.19. The maximum Gasteiger partial charge on any atom is 0.417 e. The zero-order valence-electron chi connectivity index (χ0n) is 11.6. The number of hydrogen-bond acceptors (Lipinski definition) is 3. The van der Waals surface area contributed by atoms with Crippen LogP contribution in [0.25, 0.3) is 5.57 Å². The van der Waals surface area contributed by atoms with Crippen molar-refractivity contribution in [1.29, 1.82) is 0 Å². The van der Waals surface area contributed by atoms with Crippen LogP contribution in [0.5, 0.6) is 0 Å². The third-order valence-corrected chi connectivity index (χ3v) is 3.18. The highest BCUT2D eigenvalue weighted by molar-refractivity contribution is 7.88. The van der Waals surface area contributed by atoms with Crippen LogP contribution in [0.2, 0.25) is 0 Å². The number of sulfonamides is 1. The molecule has 0 aromatic heterocycles. The number of nitrogens with one attached hydrogen (secondary N) is 2. The van der Waals surface area contributed by atoms with E-state index in [4.69, 9.17) is 0 Å². The first-order chi connectivity index (χ1) is 10.1. The first-order valence-corrected chi connectivity index (χ1v) is 8.05. The molecule has 0 heterocycles. The van der Waals surface area contributed by atoms with Crippen LogP contribution in [0.3, 0.4) is 0 Å². The molecule has 1 aromatic carbocycles. The second kappa shape index (κ2) is 7.41. The number of rotatable bonds is 6. The van der Waals surface area contributed by atoms with Crippen LogP contribution in [-0.2, 0) is 14.8 Å². The third-order valence-electron chi connectivity index (χ3n) is 2.45. The normalized spacial score (nSPS) is 13.0. The SMILES string of the molecule is CS(=O)(=O)NCCNC(=O)/C=C(/c1ccccc1)C(F)(F)F. The minimum atomic E-state index is -4.68. The van der Waals surface area contributed by atoms with Crippen LogP contribution in [0.15, 0.2) is 36.4 Å². The Kier molecular flexibility index (Phi) is 6.12. The second-order valence-electron chi connectivity index (χ2n) is 4.38. The molecule has 0 radical (unpaired) electrons. The number of amides is 1. The summed E-state index contributed by atoms with van der Waals surface area (Å²) in [7, 11) is -3.41. The van der Waals surface area contributed by atoms with Crippen molar-refractivity contribution in [3.8, 4) is 0 Å². The molecule has 1 amide bonds. The van der Waals surface area contributed by atoms with E-state index in [1.165, 1.54) is 24.3 Å². The minimum Gasteiger partial charge on any atom is -0.351 e. The van der Waals surface area contributed by atoms with E-state index in [2.05, 4.69) is 10.0 Å². The van der Waals surface area contributed by atoms with E-state index < -0.39 is 27.7 Å². The summed E-state index contributed by atoms with van der Waals surface area (Å²) >= 11 is 0. The van der Waals surface area contributed by atoms with Gasteiger partial charge in [0.25, 0.3) is 0 Å². The molecule has 22 heavy (non-hydrogen) atoms. The van der Waals surface area contributed by atoms with Crippen LogP contribution in [-0.4, -0.2) is 39.8 Å².